The summed E-state index contributed by atoms with van der Waals surface area (Å²) in [7, 11) is -3.27. The van der Waals surface area contributed by atoms with Crippen LogP contribution < -0.4 is 5.32 Å². The number of carbonyl (C=O) groups excluding carboxylic acids is 2. The van der Waals surface area contributed by atoms with Crippen molar-refractivity contribution < 1.29 is 18.0 Å². The van der Waals surface area contributed by atoms with E-state index in [4.69, 9.17) is 0 Å². The quantitative estimate of drug-likeness (QED) is 0.815. The van der Waals surface area contributed by atoms with Gasteiger partial charge in [-0.05, 0) is 18.4 Å². The number of amides is 3. The molecule has 23 heavy (non-hydrogen) atoms. The van der Waals surface area contributed by atoms with Crippen molar-refractivity contribution in [3.63, 3.8) is 0 Å². The Morgan fingerprint density at radius 3 is 2.30 bits per heavy atom. The lowest BCUT2D eigenvalue weighted by molar-refractivity contribution is -0.133. The van der Waals surface area contributed by atoms with Crippen LogP contribution in [0, 0.1) is 0 Å². The Hall–Kier alpha value is -1.93. The molecule has 0 atom stereocenters. The number of carbonyl (C=O) groups is 2. The van der Waals surface area contributed by atoms with E-state index in [0.29, 0.717) is 12.8 Å². The minimum absolute atomic E-state index is 0.225. The number of benzene rings is 1. The molecule has 8 heteroatoms. The number of sulfonamides is 1. The fourth-order valence-corrected chi connectivity index (χ4v) is 3.97. The fourth-order valence-electron chi connectivity index (χ4n) is 3.12. The normalized spacial score (nSPS) is 21.7. The molecule has 1 spiro atoms. The third-order valence-electron chi connectivity index (χ3n) is 4.47. The second kappa shape index (κ2) is 5.61. The molecule has 1 aromatic rings. The van der Waals surface area contributed by atoms with Crippen LogP contribution in [0.1, 0.15) is 18.4 Å². The highest BCUT2D eigenvalue weighted by Crippen LogP contribution is 2.31. The van der Waals surface area contributed by atoms with Crippen LogP contribution >= 0.6 is 0 Å². The van der Waals surface area contributed by atoms with Crippen molar-refractivity contribution in [1.82, 2.24) is 14.5 Å². The molecule has 7 nitrogen and oxygen atoms in total. The largest absolute Gasteiger partial charge is 0.325 e. The van der Waals surface area contributed by atoms with Gasteiger partial charge in [0.2, 0.25) is 10.0 Å². The third kappa shape index (κ3) is 2.96. The summed E-state index contributed by atoms with van der Waals surface area (Å²) in [5.74, 6) is -0.264. The van der Waals surface area contributed by atoms with Crippen molar-refractivity contribution >= 4 is 22.0 Å². The van der Waals surface area contributed by atoms with Gasteiger partial charge in [-0.15, -0.1) is 0 Å². The van der Waals surface area contributed by atoms with Gasteiger partial charge < -0.3 is 5.32 Å². The predicted molar refractivity (Wildman–Crippen MR) is 83.9 cm³/mol. The molecule has 0 saturated carbocycles. The lowest BCUT2D eigenvalue weighted by Crippen LogP contribution is -2.55. The zero-order valence-corrected chi connectivity index (χ0v) is 13.7. The SMILES string of the molecule is CS(=O)(=O)N1CCC2(CC1)NC(=O)N(Cc1ccccc1)C2=O. The zero-order chi connectivity index (χ0) is 16.7. The molecule has 1 N–H and O–H groups in total. The van der Waals surface area contributed by atoms with E-state index in [1.54, 1.807) is 0 Å². The van der Waals surface area contributed by atoms with Gasteiger partial charge in [-0.2, -0.15) is 0 Å². The number of urea groups is 1. The van der Waals surface area contributed by atoms with Crippen molar-refractivity contribution in [2.24, 2.45) is 0 Å². The minimum atomic E-state index is -3.27. The molecule has 0 bridgehead atoms. The molecule has 2 aliphatic rings. The molecular formula is C15H19N3O4S. The fraction of sp³-hybridized carbons (Fsp3) is 0.467. The number of nitrogens with zero attached hydrogens (tertiary/aromatic N) is 2. The molecule has 0 aromatic heterocycles. The lowest BCUT2D eigenvalue weighted by Gasteiger charge is -2.35. The second-order valence-corrected chi connectivity index (χ2v) is 8.03. The van der Waals surface area contributed by atoms with Gasteiger partial charge in [0.1, 0.15) is 5.54 Å². The highest BCUT2D eigenvalue weighted by atomic mass is 32.2. The van der Waals surface area contributed by atoms with E-state index in [1.807, 2.05) is 30.3 Å². The molecule has 2 heterocycles. The summed E-state index contributed by atoms with van der Waals surface area (Å²) >= 11 is 0. The number of nitrogens with one attached hydrogen (secondary N) is 1. The van der Waals surface area contributed by atoms with Gasteiger partial charge in [-0.25, -0.2) is 17.5 Å². The molecule has 0 aliphatic carbocycles. The number of imide groups is 1. The van der Waals surface area contributed by atoms with Gasteiger partial charge in [-0.3, -0.25) is 9.69 Å². The van der Waals surface area contributed by atoms with Gasteiger partial charge in [0.05, 0.1) is 12.8 Å². The van der Waals surface area contributed by atoms with E-state index < -0.39 is 21.6 Å². The van der Waals surface area contributed by atoms with E-state index >= 15 is 0 Å². The standard InChI is InChI=1S/C15H19N3O4S/c1-23(21,22)17-9-7-15(8-10-17)13(19)18(14(20)16-15)11-12-5-3-2-4-6-12/h2-6H,7-11H2,1H3,(H,16,20). The van der Waals surface area contributed by atoms with Crippen LogP contribution in [0.5, 0.6) is 0 Å². The Balaban J connectivity index is 1.74. The van der Waals surface area contributed by atoms with Crippen LogP contribution in [0.4, 0.5) is 4.79 Å². The van der Waals surface area contributed by atoms with E-state index in [0.717, 1.165) is 11.8 Å². The summed E-state index contributed by atoms with van der Waals surface area (Å²) < 4.78 is 24.5. The van der Waals surface area contributed by atoms with Crippen LogP contribution in [0.3, 0.4) is 0 Å². The van der Waals surface area contributed by atoms with E-state index in [-0.39, 0.29) is 25.5 Å². The summed E-state index contributed by atoms with van der Waals surface area (Å²) in [6.07, 6.45) is 1.76. The maximum atomic E-state index is 12.7. The second-order valence-electron chi connectivity index (χ2n) is 6.05. The first-order valence-electron chi connectivity index (χ1n) is 7.45. The Morgan fingerprint density at radius 2 is 1.74 bits per heavy atom. The highest BCUT2D eigenvalue weighted by Gasteiger charge is 2.52. The Morgan fingerprint density at radius 1 is 1.13 bits per heavy atom. The van der Waals surface area contributed by atoms with Crippen molar-refractivity contribution in [3.05, 3.63) is 35.9 Å². The van der Waals surface area contributed by atoms with Gasteiger partial charge in [-0.1, -0.05) is 30.3 Å². The zero-order valence-electron chi connectivity index (χ0n) is 12.9. The molecule has 2 saturated heterocycles. The van der Waals surface area contributed by atoms with Crippen molar-refractivity contribution in [2.75, 3.05) is 19.3 Å². The van der Waals surface area contributed by atoms with E-state index in [9.17, 15) is 18.0 Å². The first kappa shape index (κ1) is 15.9. The van der Waals surface area contributed by atoms with E-state index in [1.165, 1.54) is 9.21 Å². The summed E-state index contributed by atoms with van der Waals surface area (Å²) in [4.78, 5) is 26.1. The molecule has 1 aromatic carbocycles. The number of piperidine rings is 1. The minimum Gasteiger partial charge on any atom is -0.323 e. The topological polar surface area (TPSA) is 86.8 Å². The average Bonchev–Trinajstić information content (AvgIpc) is 2.72. The Kier molecular flexibility index (Phi) is 3.89. The maximum Gasteiger partial charge on any atom is 0.325 e. The number of rotatable bonds is 3. The number of hydrogen-bond acceptors (Lipinski definition) is 4. The van der Waals surface area contributed by atoms with Crippen LogP contribution in [-0.2, 0) is 21.4 Å². The van der Waals surface area contributed by atoms with Gasteiger partial charge in [0, 0.05) is 13.1 Å². The van der Waals surface area contributed by atoms with Crippen LogP contribution in [0.25, 0.3) is 0 Å². The van der Waals surface area contributed by atoms with Gasteiger partial charge in [0.15, 0.2) is 0 Å². The van der Waals surface area contributed by atoms with E-state index in [2.05, 4.69) is 5.32 Å². The Bertz CT molecular complexity index is 724. The molecule has 0 unspecified atom stereocenters. The summed E-state index contributed by atoms with van der Waals surface area (Å²) in [5.41, 5.74) is -0.0887. The van der Waals surface area contributed by atoms with Crippen LogP contribution in [0.2, 0.25) is 0 Å². The van der Waals surface area contributed by atoms with Gasteiger partial charge >= 0.3 is 6.03 Å². The molecule has 2 fully saturated rings. The average molecular weight is 337 g/mol. The van der Waals surface area contributed by atoms with Crippen molar-refractivity contribution in [2.45, 2.75) is 24.9 Å². The Labute approximate surface area is 135 Å². The molecule has 2 aliphatic heterocycles. The monoisotopic (exact) mass is 337 g/mol. The number of hydrogen-bond donors (Lipinski definition) is 1. The van der Waals surface area contributed by atoms with Crippen molar-refractivity contribution in [3.8, 4) is 0 Å². The first-order chi connectivity index (χ1) is 10.8. The van der Waals surface area contributed by atoms with Crippen LogP contribution in [-0.4, -0.2) is 54.4 Å². The first-order valence-corrected chi connectivity index (χ1v) is 9.30. The predicted octanol–water partition coefficient (Wildman–Crippen LogP) is 0.533. The highest BCUT2D eigenvalue weighted by molar-refractivity contribution is 7.88. The third-order valence-corrected chi connectivity index (χ3v) is 5.78. The van der Waals surface area contributed by atoms with Gasteiger partial charge in [0.25, 0.3) is 5.91 Å². The molecule has 3 rings (SSSR count). The van der Waals surface area contributed by atoms with Crippen molar-refractivity contribution in [1.29, 1.82) is 0 Å². The summed E-state index contributed by atoms with van der Waals surface area (Å²) in [6.45, 7) is 0.705. The molecular weight excluding hydrogens is 318 g/mol. The summed E-state index contributed by atoms with van der Waals surface area (Å²) in [5, 5.41) is 2.78. The van der Waals surface area contributed by atoms with Crippen LogP contribution in [0.15, 0.2) is 30.3 Å². The molecule has 0 radical (unpaired) electrons. The molecule has 124 valence electrons. The lowest BCUT2D eigenvalue weighted by atomic mass is 9.88. The smallest absolute Gasteiger partial charge is 0.323 e. The molecule has 3 amide bonds. The summed E-state index contributed by atoms with van der Waals surface area (Å²) in [6, 6.07) is 8.89. The maximum absolute atomic E-state index is 12.7.